The Labute approximate surface area is 112 Å². The number of fused-ring (bicyclic) bond motifs is 1. The lowest BCUT2D eigenvalue weighted by atomic mass is 10.1. The summed E-state index contributed by atoms with van der Waals surface area (Å²) in [7, 11) is 0. The molecule has 1 unspecified atom stereocenters. The van der Waals surface area contributed by atoms with Crippen molar-refractivity contribution in [3.8, 4) is 5.75 Å². The van der Waals surface area contributed by atoms with Gasteiger partial charge in [-0.15, -0.1) is 0 Å². The smallest absolute Gasteiger partial charge is 0.308 e. The van der Waals surface area contributed by atoms with Crippen LogP contribution in [0.5, 0.6) is 5.75 Å². The molecule has 1 aromatic heterocycles. The topological polar surface area (TPSA) is 44.1 Å². The van der Waals surface area contributed by atoms with E-state index in [-0.39, 0.29) is 5.97 Å². The van der Waals surface area contributed by atoms with Crippen LogP contribution < -0.4 is 4.74 Å². The molecule has 0 amide bonds. The molecule has 1 aliphatic carbocycles. The molecule has 1 atom stereocenters. The first kappa shape index (κ1) is 12.0. The monoisotopic (exact) mass is 256 g/mol. The third-order valence-corrected chi connectivity index (χ3v) is 3.51. The molecule has 0 saturated heterocycles. The second kappa shape index (κ2) is 4.88. The summed E-state index contributed by atoms with van der Waals surface area (Å²) in [4.78, 5) is 15.2. The van der Waals surface area contributed by atoms with E-state index in [9.17, 15) is 4.79 Å². The molecule has 3 rings (SSSR count). The van der Waals surface area contributed by atoms with Crippen molar-refractivity contribution in [1.82, 2.24) is 9.55 Å². The van der Waals surface area contributed by atoms with Crippen LogP contribution in [0.3, 0.4) is 0 Å². The Balaban J connectivity index is 1.78. The van der Waals surface area contributed by atoms with E-state index in [2.05, 4.69) is 15.6 Å². The number of hydrogen-bond acceptors (Lipinski definition) is 3. The second-order valence-corrected chi connectivity index (χ2v) is 5.02. The summed E-state index contributed by atoms with van der Waals surface area (Å²) in [5.41, 5.74) is 2.48. The van der Waals surface area contributed by atoms with Gasteiger partial charge in [0.1, 0.15) is 5.75 Å². The Hall–Kier alpha value is -2.10. The van der Waals surface area contributed by atoms with Gasteiger partial charge in [0.2, 0.25) is 0 Å². The van der Waals surface area contributed by atoms with Crippen molar-refractivity contribution in [2.75, 3.05) is 0 Å². The first-order valence-electron chi connectivity index (χ1n) is 6.47. The van der Waals surface area contributed by atoms with Gasteiger partial charge in [0.25, 0.3) is 0 Å². The van der Waals surface area contributed by atoms with Crippen LogP contribution in [-0.4, -0.2) is 15.5 Å². The van der Waals surface area contributed by atoms with E-state index >= 15 is 0 Å². The lowest BCUT2D eigenvalue weighted by molar-refractivity contribution is -0.131. The van der Waals surface area contributed by atoms with Crippen molar-refractivity contribution in [1.29, 1.82) is 0 Å². The summed E-state index contributed by atoms with van der Waals surface area (Å²) in [6.45, 7) is 2.39. The normalized spacial score (nSPS) is 17.2. The SMILES string of the molecule is CC(=O)Oc1cccc2c1CC(Cn1ccnc1)C2. The number of imidazole rings is 1. The maximum atomic E-state index is 11.1. The van der Waals surface area contributed by atoms with Gasteiger partial charge in [-0.3, -0.25) is 4.79 Å². The van der Waals surface area contributed by atoms with Crippen molar-refractivity contribution in [3.63, 3.8) is 0 Å². The number of carbonyl (C=O) groups is 1. The summed E-state index contributed by atoms with van der Waals surface area (Å²) in [5.74, 6) is 1.01. The first-order chi connectivity index (χ1) is 9.22. The third kappa shape index (κ3) is 2.52. The van der Waals surface area contributed by atoms with Crippen LogP contribution in [0.4, 0.5) is 0 Å². The van der Waals surface area contributed by atoms with E-state index < -0.39 is 0 Å². The van der Waals surface area contributed by atoms with Gasteiger partial charge in [0.05, 0.1) is 6.33 Å². The third-order valence-electron chi connectivity index (χ3n) is 3.51. The molecule has 0 saturated carbocycles. The van der Waals surface area contributed by atoms with Gasteiger partial charge < -0.3 is 9.30 Å². The molecule has 98 valence electrons. The molecule has 4 nitrogen and oxygen atoms in total. The molecule has 19 heavy (non-hydrogen) atoms. The molecule has 0 aliphatic heterocycles. The minimum Gasteiger partial charge on any atom is -0.426 e. The summed E-state index contributed by atoms with van der Waals surface area (Å²) in [6, 6.07) is 5.95. The van der Waals surface area contributed by atoms with E-state index in [1.165, 1.54) is 18.1 Å². The van der Waals surface area contributed by atoms with Gasteiger partial charge in [-0.2, -0.15) is 0 Å². The molecule has 0 fully saturated rings. The number of esters is 1. The molecular formula is C15H16N2O2. The molecule has 0 N–H and O–H groups in total. The van der Waals surface area contributed by atoms with Crippen molar-refractivity contribution < 1.29 is 9.53 Å². The van der Waals surface area contributed by atoms with E-state index in [1.54, 1.807) is 6.20 Å². The Morgan fingerprint density at radius 2 is 2.37 bits per heavy atom. The molecule has 4 heteroatoms. The van der Waals surface area contributed by atoms with E-state index in [1.807, 2.05) is 24.7 Å². The van der Waals surface area contributed by atoms with Crippen molar-refractivity contribution in [2.45, 2.75) is 26.3 Å². The fraction of sp³-hybridized carbons (Fsp3) is 0.333. The van der Waals surface area contributed by atoms with Crippen LogP contribution in [0.15, 0.2) is 36.9 Å². The quantitative estimate of drug-likeness (QED) is 0.625. The molecular weight excluding hydrogens is 240 g/mol. The Kier molecular flexibility index (Phi) is 3.07. The minimum absolute atomic E-state index is 0.258. The Morgan fingerprint density at radius 1 is 1.47 bits per heavy atom. The van der Waals surface area contributed by atoms with Crippen molar-refractivity contribution in [2.24, 2.45) is 5.92 Å². The number of ether oxygens (including phenoxy) is 1. The summed E-state index contributed by atoms with van der Waals surface area (Å²) in [5, 5.41) is 0. The summed E-state index contributed by atoms with van der Waals surface area (Å²) < 4.78 is 7.38. The van der Waals surface area contributed by atoms with Crippen LogP contribution in [0, 0.1) is 5.92 Å². The lowest BCUT2D eigenvalue weighted by Gasteiger charge is -2.09. The molecule has 1 aromatic carbocycles. The first-order valence-corrected chi connectivity index (χ1v) is 6.47. The summed E-state index contributed by atoms with van der Waals surface area (Å²) in [6.07, 6.45) is 7.61. The number of carbonyl (C=O) groups excluding carboxylic acids is 1. The van der Waals surface area contributed by atoms with Gasteiger partial charge in [-0.25, -0.2) is 4.98 Å². The number of hydrogen-bond donors (Lipinski definition) is 0. The highest BCUT2D eigenvalue weighted by Crippen LogP contribution is 2.34. The molecule has 0 bridgehead atoms. The molecule has 1 heterocycles. The van der Waals surface area contributed by atoms with E-state index in [0.717, 1.165) is 25.1 Å². The number of rotatable bonds is 3. The molecule has 2 aromatic rings. The Bertz CT molecular complexity index is 590. The van der Waals surface area contributed by atoms with Crippen LogP contribution >= 0.6 is 0 Å². The highest BCUT2D eigenvalue weighted by atomic mass is 16.5. The number of aromatic nitrogens is 2. The van der Waals surface area contributed by atoms with Gasteiger partial charge >= 0.3 is 5.97 Å². The standard InChI is InChI=1S/C15H16N2O2/c1-11(18)19-15-4-2-3-13-7-12(8-14(13)15)9-17-6-5-16-10-17/h2-6,10,12H,7-9H2,1H3. The maximum Gasteiger partial charge on any atom is 0.308 e. The highest BCUT2D eigenvalue weighted by molar-refractivity contribution is 5.70. The molecule has 0 spiro atoms. The zero-order chi connectivity index (χ0) is 13.2. The minimum atomic E-state index is -0.258. The van der Waals surface area contributed by atoms with E-state index in [0.29, 0.717) is 5.92 Å². The number of nitrogens with zero attached hydrogens (tertiary/aromatic N) is 2. The fourth-order valence-corrected chi connectivity index (χ4v) is 2.78. The van der Waals surface area contributed by atoms with Crippen molar-refractivity contribution >= 4 is 5.97 Å². The van der Waals surface area contributed by atoms with Gasteiger partial charge in [0.15, 0.2) is 0 Å². The fourth-order valence-electron chi connectivity index (χ4n) is 2.78. The highest BCUT2D eigenvalue weighted by Gasteiger charge is 2.25. The lowest BCUT2D eigenvalue weighted by Crippen LogP contribution is -2.09. The predicted octanol–water partition coefficient (Wildman–Crippen LogP) is 2.22. The molecule has 0 radical (unpaired) electrons. The average molecular weight is 256 g/mol. The van der Waals surface area contributed by atoms with E-state index in [4.69, 9.17) is 4.74 Å². The average Bonchev–Trinajstić information content (AvgIpc) is 2.98. The van der Waals surface area contributed by atoms with Gasteiger partial charge in [0, 0.05) is 25.9 Å². The molecule has 1 aliphatic rings. The number of benzene rings is 1. The van der Waals surface area contributed by atoms with Crippen LogP contribution in [0.1, 0.15) is 18.1 Å². The van der Waals surface area contributed by atoms with Crippen LogP contribution in [0.2, 0.25) is 0 Å². The predicted molar refractivity (Wildman–Crippen MR) is 70.9 cm³/mol. The summed E-state index contributed by atoms with van der Waals surface area (Å²) >= 11 is 0. The van der Waals surface area contributed by atoms with Crippen molar-refractivity contribution in [3.05, 3.63) is 48.0 Å². The van der Waals surface area contributed by atoms with Gasteiger partial charge in [-0.05, 0) is 36.0 Å². The Morgan fingerprint density at radius 3 is 3.11 bits per heavy atom. The van der Waals surface area contributed by atoms with Gasteiger partial charge in [-0.1, -0.05) is 12.1 Å². The largest absolute Gasteiger partial charge is 0.426 e. The zero-order valence-electron chi connectivity index (χ0n) is 10.9. The maximum absolute atomic E-state index is 11.1. The van der Waals surface area contributed by atoms with Crippen LogP contribution in [0.25, 0.3) is 0 Å². The zero-order valence-corrected chi connectivity index (χ0v) is 10.9. The van der Waals surface area contributed by atoms with Crippen LogP contribution in [-0.2, 0) is 24.2 Å². The second-order valence-electron chi connectivity index (χ2n) is 5.02.